The summed E-state index contributed by atoms with van der Waals surface area (Å²) in [5.74, 6) is -0.761. The molecule has 8 nitrogen and oxygen atoms in total. The summed E-state index contributed by atoms with van der Waals surface area (Å²) in [5.41, 5.74) is 0.110. The molecule has 1 aliphatic carbocycles. The third kappa shape index (κ3) is 4.23. The van der Waals surface area contributed by atoms with Crippen LogP contribution in [0.15, 0.2) is 41.5 Å². The Hall–Kier alpha value is -3.13. The van der Waals surface area contributed by atoms with Crippen LogP contribution in [0.25, 0.3) is 5.52 Å². The standard InChI is InChI=1S/C22H26N4O4/c1-22(2,29)9-8-14-11-16-12-18(19(30-3)13-26(16)24-14)23-20(27)17-5-4-10-25(21(17)28)15-6-7-15/h4-5,10-13,15,29H,6-9H2,1-3H3,(H,23,27)/i3D3. The number of fused-ring (bicyclic) bond motifs is 1. The van der Waals surface area contributed by atoms with E-state index in [4.69, 9.17) is 8.85 Å². The number of carbonyl (C=O) groups excluding carboxylic acids is 1. The molecule has 0 aromatic carbocycles. The number of anilines is 1. The summed E-state index contributed by atoms with van der Waals surface area (Å²) in [6.07, 6.45) is 5.82. The van der Waals surface area contributed by atoms with Crippen molar-refractivity contribution in [3.8, 4) is 5.75 Å². The average Bonchev–Trinajstić information content (AvgIpc) is 3.45. The van der Waals surface area contributed by atoms with Gasteiger partial charge in [-0.25, -0.2) is 4.52 Å². The van der Waals surface area contributed by atoms with Crippen LogP contribution in [0.5, 0.6) is 5.75 Å². The highest BCUT2D eigenvalue weighted by molar-refractivity contribution is 6.05. The van der Waals surface area contributed by atoms with E-state index < -0.39 is 24.1 Å². The van der Waals surface area contributed by atoms with Crippen LogP contribution < -0.4 is 15.6 Å². The van der Waals surface area contributed by atoms with Gasteiger partial charge in [0, 0.05) is 12.2 Å². The number of carbonyl (C=O) groups is 1. The number of rotatable bonds is 7. The third-order valence-electron chi connectivity index (χ3n) is 5.12. The molecule has 0 unspecified atom stereocenters. The highest BCUT2D eigenvalue weighted by Gasteiger charge is 2.26. The van der Waals surface area contributed by atoms with Crippen molar-refractivity contribution >= 4 is 17.1 Å². The Balaban J connectivity index is 1.67. The van der Waals surface area contributed by atoms with E-state index in [0.29, 0.717) is 24.1 Å². The maximum Gasteiger partial charge on any atom is 0.263 e. The number of hydrogen-bond acceptors (Lipinski definition) is 5. The third-order valence-corrected chi connectivity index (χ3v) is 5.12. The van der Waals surface area contributed by atoms with Crippen molar-refractivity contribution in [2.45, 2.75) is 51.2 Å². The van der Waals surface area contributed by atoms with E-state index in [1.165, 1.54) is 16.8 Å². The molecule has 1 aliphatic rings. The molecule has 3 heterocycles. The number of nitrogens with zero attached hydrogens (tertiary/aromatic N) is 3. The molecule has 2 N–H and O–H groups in total. The quantitative estimate of drug-likeness (QED) is 0.621. The molecular formula is C22H26N4O4. The number of methoxy groups -OCH3 is 1. The molecule has 0 radical (unpaired) electrons. The van der Waals surface area contributed by atoms with Gasteiger partial charge < -0.3 is 19.7 Å². The Kier molecular flexibility index (Phi) is 4.22. The number of aliphatic hydroxyl groups is 1. The summed E-state index contributed by atoms with van der Waals surface area (Å²) in [6.45, 7) is 3.42. The molecule has 0 saturated heterocycles. The van der Waals surface area contributed by atoms with Gasteiger partial charge in [-0.2, -0.15) is 5.10 Å². The van der Waals surface area contributed by atoms with Gasteiger partial charge >= 0.3 is 0 Å². The molecular weight excluding hydrogens is 384 g/mol. The monoisotopic (exact) mass is 413 g/mol. The van der Waals surface area contributed by atoms with Crippen molar-refractivity contribution in [3.63, 3.8) is 0 Å². The first-order chi connectivity index (χ1) is 15.4. The predicted molar refractivity (Wildman–Crippen MR) is 113 cm³/mol. The second-order valence-corrected chi connectivity index (χ2v) is 8.29. The summed E-state index contributed by atoms with van der Waals surface area (Å²) in [4.78, 5) is 25.6. The zero-order chi connectivity index (χ0) is 24.0. The van der Waals surface area contributed by atoms with Gasteiger partial charge in [-0.05, 0) is 63.8 Å². The van der Waals surface area contributed by atoms with E-state index in [9.17, 15) is 14.7 Å². The fraction of sp³-hybridized carbons (Fsp3) is 0.409. The zero-order valence-electron chi connectivity index (χ0n) is 19.9. The fourth-order valence-electron chi connectivity index (χ4n) is 3.32. The minimum Gasteiger partial charge on any atom is -0.493 e. The number of nitrogens with one attached hydrogen (secondary N) is 1. The lowest BCUT2D eigenvalue weighted by molar-refractivity contribution is 0.0711. The summed E-state index contributed by atoms with van der Waals surface area (Å²) in [6, 6.07) is 6.52. The van der Waals surface area contributed by atoms with E-state index in [2.05, 4.69) is 10.4 Å². The van der Waals surface area contributed by atoms with E-state index in [1.807, 2.05) is 0 Å². The first-order valence-electron chi connectivity index (χ1n) is 11.4. The van der Waals surface area contributed by atoms with Gasteiger partial charge in [-0.3, -0.25) is 9.59 Å². The summed E-state index contributed by atoms with van der Waals surface area (Å²) in [5, 5.41) is 17.0. The van der Waals surface area contributed by atoms with Crippen molar-refractivity contribution < 1.29 is 18.8 Å². The second-order valence-electron chi connectivity index (χ2n) is 8.29. The number of amides is 1. The Morgan fingerprint density at radius 2 is 2.23 bits per heavy atom. The predicted octanol–water partition coefficient (Wildman–Crippen LogP) is 2.80. The van der Waals surface area contributed by atoms with Crippen LogP contribution in [-0.2, 0) is 6.42 Å². The minimum absolute atomic E-state index is 0.0384. The SMILES string of the molecule is [2H]C([2H])([2H])Oc1cn2nc(CCC(C)(C)O)cc2cc1NC(=O)c1cccn(C2CC2)c1=O. The maximum atomic E-state index is 12.9. The number of pyridine rings is 2. The molecule has 1 saturated carbocycles. The fourth-order valence-corrected chi connectivity index (χ4v) is 3.32. The molecule has 0 bridgehead atoms. The number of aromatic nitrogens is 3. The molecule has 158 valence electrons. The zero-order valence-corrected chi connectivity index (χ0v) is 16.9. The van der Waals surface area contributed by atoms with Crippen molar-refractivity contribution in [2.75, 3.05) is 12.4 Å². The Bertz CT molecular complexity index is 1250. The molecule has 1 amide bonds. The van der Waals surface area contributed by atoms with Gasteiger partial charge in [0.1, 0.15) is 5.56 Å². The molecule has 30 heavy (non-hydrogen) atoms. The van der Waals surface area contributed by atoms with Crippen molar-refractivity contribution in [3.05, 3.63) is 58.3 Å². The second kappa shape index (κ2) is 7.60. The van der Waals surface area contributed by atoms with Gasteiger partial charge in [-0.1, -0.05) is 0 Å². The van der Waals surface area contributed by atoms with Gasteiger partial charge in [0.05, 0.1) is 39.8 Å². The smallest absolute Gasteiger partial charge is 0.263 e. The van der Waals surface area contributed by atoms with E-state index in [-0.39, 0.29) is 23.0 Å². The topological polar surface area (TPSA) is 97.9 Å². The van der Waals surface area contributed by atoms with Crippen LogP contribution in [0.2, 0.25) is 0 Å². The Morgan fingerprint density at radius 1 is 1.43 bits per heavy atom. The van der Waals surface area contributed by atoms with Crippen LogP contribution in [0.4, 0.5) is 5.69 Å². The molecule has 3 aromatic heterocycles. The van der Waals surface area contributed by atoms with E-state index in [1.54, 1.807) is 42.8 Å². The van der Waals surface area contributed by atoms with Crippen molar-refractivity contribution in [1.29, 1.82) is 0 Å². The molecule has 0 spiro atoms. The van der Waals surface area contributed by atoms with Crippen LogP contribution in [0.3, 0.4) is 0 Å². The number of aryl methyl sites for hydroxylation is 1. The average molecular weight is 413 g/mol. The first kappa shape index (κ1) is 16.6. The van der Waals surface area contributed by atoms with Crippen LogP contribution in [0.1, 0.15) is 59.3 Å². The van der Waals surface area contributed by atoms with Gasteiger partial charge in [-0.15, -0.1) is 0 Å². The van der Waals surface area contributed by atoms with Crippen LogP contribution >= 0.6 is 0 Å². The lowest BCUT2D eigenvalue weighted by atomic mass is 10.0. The summed E-state index contributed by atoms with van der Waals surface area (Å²) in [7, 11) is -2.75. The van der Waals surface area contributed by atoms with E-state index in [0.717, 1.165) is 12.8 Å². The lowest BCUT2D eigenvalue weighted by Gasteiger charge is -2.15. The molecule has 0 aliphatic heterocycles. The molecule has 4 rings (SSSR count). The highest BCUT2D eigenvalue weighted by Crippen LogP contribution is 2.33. The lowest BCUT2D eigenvalue weighted by Crippen LogP contribution is -2.28. The maximum absolute atomic E-state index is 12.9. The Morgan fingerprint density at radius 3 is 2.93 bits per heavy atom. The highest BCUT2D eigenvalue weighted by atomic mass is 16.5. The number of ether oxygens (including phenoxy) is 1. The first-order valence-corrected chi connectivity index (χ1v) is 9.86. The van der Waals surface area contributed by atoms with Gasteiger partial charge in [0.15, 0.2) is 5.75 Å². The summed E-state index contributed by atoms with van der Waals surface area (Å²) < 4.78 is 30.5. The van der Waals surface area contributed by atoms with Crippen molar-refractivity contribution in [2.24, 2.45) is 0 Å². The van der Waals surface area contributed by atoms with Crippen LogP contribution in [-0.4, -0.2) is 37.8 Å². The van der Waals surface area contributed by atoms with Gasteiger partial charge in [0.2, 0.25) is 0 Å². The largest absolute Gasteiger partial charge is 0.493 e. The molecule has 0 atom stereocenters. The van der Waals surface area contributed by atoms with E-state index >= 15 is 0 Å². The van der Waals surface area contributed by atoms with Crippen LogP contribution in [0, 0.1) is 0 Å². The summed E-state index contributed by atoms with van der Waals surface area (Å²) >= 11 is 0. The Labute approximate surface area is 178 Å². The van der Waals surface area contributed by atoms with Crippen molar-refractivity contribution in [1.82, 2.24) is 14.2 Å². The molecule has 8 heteroatoms. The molecule has 1 fully saturated rings. The normalized spacial score (nSPS) is 16.0. The minimum atomic E-state index is -2.75. The van der Waals surface area contributed by atoms with Gasteiger partial charge in [0.25, 0.3) is 11.5 Å². The number of hydrogen-bond donors (Lipinski definition) is 2. The molecule has 3 aromatic rings.